The van der Waals surface area contributed by atoms with Crippen LogP contribution in [0.4, 0.5) is 0 Å². The molecule has 0 aromatic rings. The lowest BCUT2D eigenvalue weighted by molar-refractivity contribution is 0.544. The van der Waals surface area contributed by atoms with Crippen molar-refractivity contribution in [3.63, 3.8) is 0 Å². The van der Waals surface area contributed by atoms with Crippen LogP contribution in [0.1, 0.15) is 46.0 Å². The molecule has 1 fully saturated rings. The molecule has 15 heavy (non-hydrogen) atoms. The average Bonchev–Trinajstić information content (AvgIpc) is 2.93. The summed E-state index contributed by atoms with van der Waals surface area (Å²) >= 11 is 0. The number of nitrogens with one attached hydrogen (secondary N) is 2. The zero-order chi connectivity index (χ0) is 11.1. The van der Waals surface area contributed by atoms with Crippen molar-refractivity contribution in [2.75, 3.05) is 0 Å². The molecule has 0 atom stereocenters. The van der Waals surface area contributed by atoms with Crippen molar-refractivity contribution in [1.82, 2.24) is 0 Å². The molecule has 2 nitrogen and oxygen atoms in total. The highest BCUT2D eigenvalue weighted by Crippen LogP contribution is 2.53. The molecule has 2 heteroatoms. The first-order valence-electron chi connectivity index (χ1n) is 5.87. The Balaban J connectivity index is 2.15. The number of hydrogen-bond donors (Lipinski definition) is 2. The van der Waals surface area contributed by atoms with E-state index in [1.807, 2.05) is 0 Å². The Bertz CT molecular complexity index is 332. The van der Waals surface area contributed by atoms with E-state index in [0.29, 0.717) is 5.41 Å². The maximum absolute atomic E-state index is 8.01. The molecule has 0 amide bonds. The van der Waals surface area contributed by atoms with Gasteiger partial charge in [-0.25, -0.2) is 0 Å². The predicted molar refractivity (Wildman–Crippen MR) is 63.9 cm³/mol. The van der Waals surface area contributed by atoms with Gasteiger partial charge in [-0.3, -0.25) is 0 Å². The molecular formula is C13H20N2. The van der Waals surface area contributed by atoms with Crippen LogP contribution in [0.5, 0.6) is 0 Å². The number of allylic oxidation sites excluding steroid dienone is 2. The van der Waals surface area contributed by atoms with Crippen molar-refractivity contribution in [1.29, 1.82) is 10.8 Å². The van der Waals surface area contributed by atoms with Crippen molar-refractivity contribution < 1.29 is 0 Å². The van der Waals surface area contributed by atoms with Crippen LogP contribution in [0.3, 0.4) is 0 Å². The second kappa shape index (κ2) is 3.58. The molecular weight excluding hydrogens is 184 g/mol. The molecule has 82 valence electrons. The standard InChI is InChI=1S/C13H20N2/c1-9(2)12(15)10-3-4-13(5-6-13)8-11(14)7-10/h3,9,14-15H,4-8H2,1-2H3. The molecule has 0 saturated heterocycles. The van der Waals surface area contributed by atoms with Gasteiger partial charge in [0.25, 0.3) is 0 Å². The fraction of sp³-hybridized carbons (Fsp3) is 0.692. The maximum atomic E-state index is 8.01. The minimum absolute atomic E-state index is 0.289. The van der Waals surface area contributed by atoms with E-state index in [2.05, 4.69) is 19.9 Å². The molecule has 0 bridgehead atoms. The second-order valence-electron chi connectivity index (χ2n) is 5.46. The zero-order valence-corrected chi connectivity index (χ0v) is 9.69. The summed E-state index contributed by atoms with van der Waals surface area (Å²) < 4.78 is 0. The Morgan fingerprint density at radius 1 is 1.40 bits per heavy atom. The van der Waals surface area contributed by atoms with Gasteiger partial charge in [0.05, 0.1) is 0 Å². The summed E-state index contributed by atoms with van der Waals surface area (Å²) in [5.74, 6) is 0.289. The summed E-state index contributed by atoms with van der Waals surface area (Å²) in [6.07, 6.45) is 7.59. The van der Waals surface area contributed by atoms with Gasteiger partial charge in [-0.1, -0.05) is 19.9 Å². The van der Waals surface area contributed by atoms with Gasteiger partial charge in [-0.05, 0) is 42.6 Å². The van der Waals surface area contributed by atoms with Crippen LogP contribution in [-0.4, -0.2) is 11.4 Å². The van der Waals surface area contributed by atoms with Crippen LogP contribution in [0.15, 0.2) is 11.6 Å². The van der Waals surface area contributed by atoms with Gasteiger partial charge in [-0.2, -0.15) is 0 Å². The van der Waals surface area contributed by atoms with Crippen molar-refractivity contribution in [3.05, 3.63) is 11.6 Å². The van der Waals surface area contributed by atoms with E-state index in [4.69, 9.17) is 10.8 Å². The van der Waals surface area contributed by atoms with E-state index in [-0.39, 0.29) is 5.92 Å². The van der Waals surface area contributed by atoms with Gasteiger partial charge < -0.3 is 10.8 Å². The first kappa shape index (κ1) is 10.6. The third kappa shape index (κ3) is 2.19. The molecule has 1 saturated carbocycles. The highest BCUT2D eigenvalue weighted by atomic mass is 14.5. The monoisotopic (exact) mass is 204 g/mol. The van der Waals surface area contributed by atoms with Gasteiger partial charge in [0.1, 0.15) is 0 Å². The van der Waals surface area contributed by atoms with Crippen LogP contribution in [0.25, 0.3) is 0 Å². The van der Waals surface area contributed by atoms with Crippen molar-refractivity contribution in [2.24, 2.45) is 11.3 Å². The topological polar surface area (TPSA) is 47.7 Å². The number of hydrogen-bond acceptors (Lipinski definition) is 2. The third-order valence-corrected chi connectivity index (χ3v) is 3.65. The SMILES string of the molecule is CC(C)C(=N)C1=CCC2(CC2)CC(=N)C1. The Kier molecular flexibility index (Phi) is 2.53. The second-order valence-corrected chi connectivity index (χ2v) is 5.46. The summed E-state index contributed by atoms with van der Waals surface area (Å²) in [5.41, 5.74) is 3.12. The lowest BCUT2D eigenvalue weighted by Gasteiger charge is -2.11. The van der Waals surface area contributed by atoms with E-state index < -0.39 is 0 Å². The van der Waals surface area contributed by atoms with Crippen molar-refractivity contribution in [2.45, 2.75) is 46.0 Å². The molecule has 0 radical (unpaired) electrons. The lowest BCUT2D eigenvalue weighted by Crippen LogP contribution is -2.12. The van der Waals surface area contributed by atoms with Crippen LogP contribution in [0.2, 0.25) is 0 Å². The molecule has 0 aromatic carbocycles. The first-order valence-corrected chi connectivity index (χ1v) is 5.87. The van der Waals surface area contributed by atoms with Gasteiger partial charge in [-0.15, -0.1) is 0 Å². The van der Waals surface area contributed by atoms with E-state index in [9.17, 15) is 0 Å². The molecule has 0 unspecified atom stereocenters. The van der Waals surface area contributed by atoms with Gasteiger partial charge in [0.2, 0.25) is 0 Å². The fourth-order valence-corrected chi connectivity index (χ4v) is 2.36. The zero-order valence-electron chi connectivity index (χ0n) is 9.69. The minimum atomic E-state index is 0.289. The Hall–Kier alpha value is -0.920. The van der Waals surface area contributed by atoms with Crippen LogP contribution in [-0.2, 0) is 0 Å². The predicted octanol–water partition coefficient (Wildman–Crippen LogP) is 3.57. The minimum Gasteiger partial charge on any atom is -0.309 e. The smallest absolute Gasteiger partial charge is 0.0371 e. The maximum Gasteiger partial charge on any atom is 0.0371 e. The molecule has 2 aliphatic carbocycles. The summed E-state index contributed by atoms with van der Waals surface area (Å²) in [4.78, 5) is 0. The quantitative estimate of drug-likeness (QED) is 0.646. The van der Waals surface area contributed by atoms with Gasteiger partial charge in [0.15, 0.2) is 0 Å². The van der Waals surface area contributed by atoms with E-state index in [1.54, 1.807) is 0 Å². The molecule has 2 aliphatic rings. The van der Waals surface area contributed by atoms with E-state index in [1.165, 1.54) is 12.8 Å². The lowest BCUT2D eigenvalue weighted by atomic mass is 9.95. The van der Waals surface area contributed by atoms with Gasteiger partial charge >= 0.3 is 0 Å². The summed E-state index contributed by atoms with van der Waals surface area (Å²) in [7, 11) is 0. The van der Waals surface area contributed by atoms with E-state index in [0.717, 1.165) is 36.3 Å². The summed E-state index contributed by atoms with van der Waals surface area (Å²) in [6, 6.07) is 0. The summed E-state index contributed by atoms with van der Waals surface area (Å²) in [6.45, 7) is 4.12. The highest BCUT2D eigenvalue weighted by Gasteiger charge is 2.43. The molecule has 2 rings (SSSR count). The third-order valence-electron chi connectivity index (χ3n) is 3.65. The normalized spacial score (nSPS) is 23.9. The fourth-order valence-electron chi connectivity index (χ4n) is 2.36. The van der Waals surface area contributed by atoms with E-state index >= 15 is 0 Å². The highest BCUT2D eigenvalue weighted by molar-refractivity contribution is 6.04. The molecule has 0 aliphatic heterocycles. The van der Waals surface area contributed by atoms with Crippen LogP contribution >= 0.6 is 0 Å². The Morgan fingerprint density at radius 2 is 2.07 bits per heavy atom. The molecule has 1 spiro atoms. The molecule has 0 aromatic heterocycles. The van der Waals surface area contributed by atoms with Gasteiger partial charge in [0, 0.05) is 17.8 Å². The Labute approximate surface area is 91.8 Å². The average molecular weight is 204 g/mol. The van der Waals surface area contributed by atoms with Crippen molar-refractivity contribution >= 4 is 11.4 Å². The van der Waals surface area contributed by atoms with Crippen LogP contribution in [0, 0.1) is 22.2 Å². The van der Waals surface area contributed by atoms with Crippen LogP contribution < -0.4 is 0 Å². The largest absolute Gasteiger partial charge is 0.309 e. The number of rotatable bonds is 2. The first-order chi connectivity index (χ1) is 7.02. The summed E-state index contributed by atoms with van der Waals surface area (Å²) in [5, 5.41) is 16.0. The Morgan fingerprint density at radius 3 is 2.60 bits per heavy atom. The van der Waals surface area contributed by atoms with Crippen molar-refractivity contribution in [3.8, 4) is 0 Å². The molecule has 2 N–H and O–H groups in total. The molecule has 0 heterocycles.